The highest BCUT2D eigenvalue weighted by atomic mass is 32.2. The molecule has 0 radical (unpaired) electrons. The zero-order valence-corrected chi connectivity index (χ0v) is 18.2. The molecule has 0 saturated carbocycles. The first-order valence-electron chi connectivity index (χ1n) is 9.86. The molecule has 2 saturated heterocycles. The predicted octanol–water partition coefficient (Wildman–Crippen LogP) is 0.401. The number of aromatic nitrogens is 3. The van der Waals surface area contributed by atoms with Crippen LogP contribution in [0.2, 0.25) is 0 Å². The minimum atomic E-state index is -2.82. The second kappa shape index (κ2) is 9.22. The Hall–Kier alpha value is -2.33. The lowest BCUT2D eigenvalue weighted by atomic mass is 10.3. The van der Waals surface area contributed by atoms with Gasteiger partial charge in [0, 0.05) is 58.4 Å². The minimum Gasteiger partial charge on any atom is -0.354 e. The number of sulfone groups is 1. The smallest absolute Gasteiger partial charge is 0.189 e. The molecule has 4 heterocycles. The standard InChI is InChI=1S/C18H24N8O2S2/c19-12-15-13-20-18(29-15)23-16-11-17(22-14-21-16)26-5-3-24(4-6-26)1-2-25-7-9-30(27,28)10-8-25/h11,13-14H,1-10H2,(H,20,21,22,23). The molecular weight excluding hydrogens is 424 g/mol. The van der Waals surface area contributed by atoms with Gasteiger partial charge in [0.05, 0.1) is 17.7 Å². The lowest BCUT2D eigenvalue weighted by Gasteiger charge is -2.36. The van der Waals surface area contributed by atoms with Crippen LogP contribution in [0.25, 0.3) is 0 Å². The molecule has 1 N–H and O–H groups in total. The van der Waals surface area contributed by atoms with Crippen LogP contribution < -0.4 is 10.2 Å². The molecule has 30 heavy (non-hydrogen) atoms. The van der Waals surface area contributed by atoms with Crippen LogP contribution in [0, 0.1) is 11.3 Å². The summed E-state index contributed by atoms with van der Waals surface area (Å²) in [7, 11) is -2.82. The lowest BCUT2D eigenvalue weighted by Crippen LogP contribution is -2.50. The predicted molar refractivity (Wildman–Crippen MR) is 116 cm³/mol. The first kappa shape index (κ1) is 20.9. The first-order chi connectivity index (χ1) is 14.5. The molecule has 0 amide bonds. The summed E-state index contributed by atoms with van der Waals surface area (Å²) < 4.78 is 23.1. The molecule has 2 aromatic rings. The number of nitrogens with zero attached hydrogens (tertiary/aromatic N) is 7. The van der Waals surface area contributed by atoms with Gasteiger partial charge in [-0.25, -0.2) is 23.4 Å². The van der Waals surface area contributed by atoms with Gasteiger partial charge in [-0.3, -0.25) is 4.90 Å². The molecule has 12 heteroatoms. The van der Waals surface area contributed by atoms with Crippen LogP contribution in [0.3, 0.4) is 0 Å². The number of nitrogens with one attached hydrogen (secondary N) is 1. The van der Waals surface area contributed by atoms with Crippen molar-refractivity contribution in [2.45, 2.75) is 0 Å². The van der Waals surface area contributed by atoms with E-state index in [0.29, 0.717) is 28.9 Å². The molecule has 0 spiro atoms. The molecule has 0 atom stereocenters. The molecule has 2 aliphatic rings. The van der Waals surface area contributed by atoms with Crippen molar-refractivity contribution in [3.63, 3.8) is 0 Å². The van der Waals surface area contributed by atoms with Gasteiger partial charge in [0.25, 0.3) is 0 Å². The SMILES string of the molecule is N#Cc1cnc(Nc2cc(N3CCN(CCN4CCS(=O)(=O)CC4)CC3)ncn2)s1. The maximum atomic E-state index is 11.5. The van der Waals surface area contributed by atoms with Crippen molar-refractivity contribution in [3.8, 4) is 6.07 Å². The maximum absolute atomic E-state index is 11.5. The highest BCUT2D eigenvalue weighted by Crippen LogP contribution is 2.23. The normalized spacial score (nSPS) is 20.0. The van der Waals surface area contributed by atoms with Crippen LogP contribution in [0.1, 0.15) is 4.88 Å². The fourth-order valence-corrected chi connectivity index (χ4v) is 5.44. The first-order valence-corrected chi connectivity index (χ1v) is 12.5. The van der Waals surface area contributed by atoms with Gasteiger partial charge in [-0.2, -0.15) is 5.26 Å². The summed E-state index contributed by atoms with van der Waals surface area (Å²) in [6.45, 7) is 6.79. The highest BCUT2D eigenvalue weighted by Gasteiger charge is 2.23. The topological polar surface area (TPSA) is 118 Å². The van der Waals surface area contributed by atoms with E-state index < -0.39 is 9.84 Å². The zero-order chi connectivity index (χ0) is 21.0. The van der Waals surface area contributed by atoms with E-state index in [0.717, 1.165) is 45.1 Å². The van der Waals surface area contributed by atoms with Gasteiger partial charge >= 0.3 is 0 Å². The average molecular weight is 449 g/mol. The molecular formula is C18H24N8O2S2. The van der Waals surface area contributed by atoms with E-state index in [-0.39, 0.29) is 11.5 Å². The van der Waals surface area contributed by atoms with Crippen molar-refractivity contribution >= 4 is 37.9 Å². The summed E-state index contributed by atoms with van der Waals surface area (Å²) in [5, 5.41) is 12.7. The van der Waals surface area contributed by atoms with Gasteiger partial charge in [0.1, 0.15) is 28.9 Å². The molecule has 0 bridgehead atoms. The van der Waals surface area contributed by atoms with Gasteiger partial charge < -0.3 is 15.1 Å². The Kier molecular flexibility index (Phi) is 6.43. The van der Waals surface area contributed by atoms with Crippen molar-refractivity contribution in [1.82, 2.24) is 24.8 Å². The van der Waals surface area contributed by atoms with E-state index in [2.05, 4.69) is 41.0 Å². The van der Waals surface area contributed by atoms with Crippen molar-refractivity contribution < 1.29 is 8.42 Å². The van der Waals surface area contributed by atoms with E-state index in [4.69, 9.17) is 5.26 Å². The maximum Gasteiger partial charge on any atom is 0.189 e. The molecule has 0 aliphatic carbocycles. The second-order valence-electron chi connectivity index (χ2n) is 7.35. The molecule has 2 aliphatic heterocycles. The minimum absolute atomic E-state index is 0.281. The molecule has 0 aromatic carbocycles. The monoisotopic (exact) mass is 448 g/mol. The Labute approximate surface area is 180 Å². The molecule has 0 unspecified atom stereocenters. The fraction of sp³-hybridized carbons (Fsp3) is 0.556. The molecule has 160 valence electrons. The van der Waals surface area contributed by atoms with Crippen molar-refractivity contribution in [2.24, 2.45) is 0 Å². The van der Waals surface area contributed by atoms with Crippen LogP contribution >= 0.6 is 11.3 Å². The summed E-state index contributed by atoms with van der Waals surface area (Å²) in [6, 6.07) is 3.98. The molecule has 2 fully saturated rings. The third-order valence-electron chi connectivity index (χ3n) is 5.37. The van der Waals surface area contributed by atoms with Crippen LogP contribution in [0.4, 0.5) is 16.8 Å². The molecule has 10 nitrogen and oxygen atoms in total. The third-order valence-corrected chi connectivity index (χ3v) is 7.80. The van der Waals surface area contributed by atoms with Crippen molar-refractivity contribution in [3.05, 3.63) is 23.5 Å². The van der Waals surface area contributed by atoms with Crippen molar-refractivity contribution in [1.29, 1.82) is 5.26 Å². The van der Waals surface area contributed by atoms with E-state index >= 15 is 0 Å². The second-order valence-corrected chi connectivity index (χ2v) is 10.7. The average Bonchev–Trinajstić information content (AvgIpc) is 3.21. The Bertz CT molecular complexity index is 997. The summed E-state index contributed by atoms with van der Waals surface area (Å²) in [6.07, 6.45) is 3.07. The zero-order valence-electron chi connectivity index (χ0n) is 16.6. The van der Waals surface area contributed by atoms with E-state index in [1.165, 1.54) is 23.9 Å². The van der Waals surface area contributed by atoms with Crippen LogP contribution in [0.5, 0.6) is 0 Å². The van der Waals surface area contributed by atoms with Gasteiger partial charge in [0.15, 0.2) is 15.0 Å². The van der Waals surface area contributed by atoms with Gasteiger partial charge in [-0.1, -0.05) is 11.3 Å². The summed E-state index contributed by atoms with van der Waals surface area (Å²) in [5.41, 5.74) is 0. The largest absolute Gasteiger partial charge is 0.354 e. The van der Waals surface area contributed by atoms with E-state index in [9.17, 15) is 8.42 Å². The summed E-state index contributed by atoms with van der Waals surface area (Å²) >= 11 is 1.29. The number of thiazole rings is 1. The Morgan fingerprint density at radius 3 is 2.40 bits per heavy atom. The lowest BCUT2D eigenvalue weighted by molar-refractivity contribution is 0.203. The number of hydrogen-bond donors (Lipinski definition) is 1. The number of hydrogen-bond acceptors (Lipinski definition) is 11. The molecule has 4 rings (SSSR count). The summed E-state index contributed by atoms with van der Waals surface area (Å²) in [5.74, 6) is 2.08. The fourth-order valence-electron chi connectivity index (χ4n) is 3.54. The van der Waals surface area contributed by atoms with Crippen molar-refractivity contribution in [2.75, 3.05) is 74.1 Å². The quantitative estimate of drug-likeness (QED) is 0.665. The number of piperazine rings is 1. The van der Waals surface area contributed by atoms with Crippen LogP contribution in [-0.2, 0) is 9.84 Å². The molecule has 2 aromatic heterocycles. The Morgan fingerprint density at radius 2 is 1.73 bits per heavy atom. The van der Waals surface area contributed by atoms with E-state index in [1.807, 2.05) is 6.07 Å². The van der Waals surface area contributed by atoms with Crippen LogP contribution in [-0.4, -0.2) is 97.0 Å². The van der Waals surface area contributed by atoms with Crippen LogP contribution in [0.15, 0.2) is 18.6 Å². The Balaban J connectivity index is 1.25. The number of nitriles is 1. The van der Waals surface area contributed by atoms with Gasteiger partial charge in [-0.15, -0.1) is 0 Å². The van der Waals surface area contributed by atoms with Gasteiger partial charge in [-0.05, 0) is 0 Å². The number of rotatable bonds is 6. The van der Waals surface area contributed by atoms with Gasteiger partial charge in [0.2, 0.25) is 0 Å². The highest BCUT2D eigenvalue weighted by molar-refractivity contribution is 7.91. The Morgan fingerprint density at radius 1 is 1.03 bits per heavy atom. The third kappa shape index (κ3) is 5.42. The van der Waals surface area contributed by atoms with E-state index in [1.54, 1.807) is 0 Å². The summed E-state index contributed by atoms with van der Waals surface area (Å²) in [4.78, 5) is 20.3. The number of anilines is 3.